The third-order valence-corrected chi connectivity index (χ3v) is 5.09. The summed E-state index contributed by atoms with van der Waals surface area (Å²) in [6.07, 6.45) is 10.4. The van der Waals surface area contributed by atoms with E-state index in [1.54, 1.807) is 0 Å². The molecule has 2 saturated heterocycles. The zero-order valence-electron chi connectivity index (χ0n) is 11.2. The van der Waals surface area contributed by atoms with Gasteiger partial charge >= 0.3 is 0 Å². The van der Waals surface area contributed by atoms with Crippen molar-refractivity contribution in [3.8, 4) is 0 Å². The van der Waals surface area contributed by atoms with E-state index in [4.69, 9.17) is 4.74 Å². The molecule has 2 unspecified atom stereocenters. The van der Waals surface area contributed by atoms with Gasteiger partial charge in [0.1, 0.15) is 18.1 Å². The fourth-order valence-corrected chi connectivity index (χ4v) is 4.27. The Labute approximate surface area is 117 Å². The van der Waals surface area contributed by atoms with Gasteiger partial charge in [0.15, 0.2) is 0 Å². The van der Waals surface area contributed by atoms with Crippen LogP contribution in [0.25, 0.3) is 0 Å². The molecule has 0 aromatic rings. The largest absolute Gasteiger partial charge is 0.490 e. The number of morpholine rings is 1. The van der Waals surface area contributed by atoms with Crippen LogP contribution in [-0.2, 0) is 9.53 Å². The van der Waals surface area contributed by atoms with Crippen molar-refractivity contribution >= 4 is 5.91 Å². The topological polar surface area (TPSA) is 32.8 Å². The number of hydrogen-bond acceptors (Lipinski definition) is 3. The van der Waals surface area contributed by atoms with Crippen LogP contribution in [-0.4, -0.2) is 35.4 Å². The van der Waals surface area contributed by atoms with E-state index in [0.717, 1.165) is 24.4 Å². The second kappa shape index (κ2) is 3.57. The highest BCUT2D eigenvalue weighted by molar-refractivity contribution is 5.82. The molecule has 0 bridgehead atoms. The predicted octanol–water partition coefficient (Wildman–Crippen LogP) is 1.75. The Kier molecular flexibility index (Phi) is 1.92. The average molecular weight is 268 g/mol. The molecule has 5 aliphatic rings. The normalized spacial score (nSPS) is 33.5. The molecule has 4 aliphatic heterocycles. The van der Waals surface area contributed by atoms with Crippen LogP contribution < -0.4 is 0 Å². The molecule has 0 saturated carbocycles. The third kappa shape index (κ3) is 1.15. The lowest BCUT2D eigenvalue weighted by molar-refractivity contribution is -0.133. The average Bonchev–Trinajstić information content (AvgIpc) is 2.82. The molecule has 5 rings (SSSR count). The van der Waals surface area contributed by atoms with Crippen molar-refractivity contribution in [2.24, 2.45) is 11.8 Å². The zero-order chi connectivity index (χ0) is 13.3. The number of carbonyl (C=O) groups is 1. The highest BCUT2D eigenvalue weighted by atomic mass is 16.5. The molecule has 1 aliphatic carbocycles. The van der Waals surface area contributed by atoms with E-state index in [2.05, 4.69) is 29.2 Å². The molecule has 4 heterocycles. The number of amides is 1. The number of nitrogens with zero attached hydrogens (tertiary/aromatic N) is 2. The van der Waals surface area contributed by atoms with Gasteiger partial charge in [-0.05, 0) is 18.6 Å². The summed E-state index contributed by atoms with van der Waals surface area (Å²) in [4.78, 5) is 16.8. The van der Waals surface area contributed by atoms with E-state index in [1.807, 2.05) is 4.90 Å². The Balaban J connectivity index is 1.74. The van der Waals surface area contributed by atoms with E-state index in [1.165, 1.54) is 11.4 Å². The summed E-state index contributed by atoms with van der Waals surface area (Å²) in [6, 6.07) is 0. The first-order valence-electron chi connectivity index (χ1n) is 7.37. The van der Waals surface area contributed by atoms with Crippen LogP contribution in [0.1, 0.15) is 12.8 Å². The van der Waals surface area contributed by atoms with Crippen molar-refractivity contribution in [3.63, 3.8) is 0 Å². The Morgan fingerprint density at radius 2 is 2.20 bits per heavy atom. The third-order valence-electron chi connectivity index (χ3n) is 5.09. The molecule has 0 N–H and O–H groups in total. The van der Waals surface area contributed by atoms with Crippen LogP contribution in [0.4, 0.5) is 0 Å². The highest BCUT2D eigenvalue weighted by Gasteiger charge is 2.50. The lowest BCUT2D eigenvalue weighted by Gasteiger charge is -2.42. The summed E-state index contributed by atoms with van der Waals surface area (Å²) in [6.45, 7) is 2.19. The molecule has 4 heteroatoms. The van der Waals surface area contributed by atoms with Gasteiger partial charge in [-0.15, -0.1) is 0 Å². The number of hydrogen-bond donors (Lipinski definition) is 0. The smallest absolute Gasteiger partial charge is 0.227 e. The molecular weight excluding hydrogens is 252 g/mol. The molecule has 0 spiro atoms. The predicted molar refractivity (Wildman–Crippen MR) is 72.9 cm³/mol. The van der Waals surface area contributed by atoms with Crippen LogP contribution >= 0.6 is 0 Å². The molecule has 0 aromatic heterocycles. The number of allylic oxidation sites excluding steroid dienone is 5. The van der Waals surface area contributed by atoms with Crippen LogP contribution in [0.15, 0.2) is 47.2 Å². The van der Waals surface area contributed by atoms with Gasteiger partial charge in [0.25, 0.3) is 0 Å². The van der Waals surface area contributed by atoms with Gasteiger partial charge in [-0.3, -0.25) is 4.79 Å². The SMILES string of the molecule is O=C1CC2C3=C4C(=CCN3C3=CC=CCC32)OCCN14. The van der Waals surface area contributed by atoms with Crippen molar-refractivity contribution in [2.45, 2.75) is 12.8 Å². The summed E-state index contributed by atoms with van der Waals surface area (Å²) in [5.74, 6) is 2.01. The Hall–Kier alpha value is -1.97. The fraction of sp³-hybridized carbons (Fsp3) is 0.438. The number of ether oxygens (including phenoxy) is 1. The first-order chi connectivity index (χ1) is 9.84. The molecule has 0 radical (unpaired) electrons. The summed E-state index contributed by atoms with van der Waals surface area (Å²) < 4.78 is 5.79. The van der Waals surface area contributed by atoms with E-state index < -0.39 is 0 Å². The molecule has 4 nitrogen and oxygen atoms in total. The molecular formula is C16H16N2O2. The van der Waals surface area contributed by atoms with Crippen LogP contribution in [0.3, 0.4) is 0 Å². The Morgan fingerprint density at radius 3 is 3.15 bits per heavy atom. The van der Waals surface area contributed by atoms with Crippen molar-refractivity contribution in [1.82, 2.24) is 9.80 Å². The number of rotatable bonds is 0. The summed E-state index contributed by atoms with van der Waals surface area (Å²) >= 11 is 0. The van der Waals surface area contributed by atoms with Gasteiger partial charge in [-0.1, -0.05) is 12.2 Å². The lowest BCUT2D eigenvalue weighted by Crippen LogP contribution is -2.46. The number of carbonyl (C=O) groups excluding carboxylic acids is 1. The summed E-state index contributed by atoms with van der Waals surface area (Å²) in [5.41, 5.74) is 3.77. The van der Waals surface area contributed by atoms with Gasteiger partial charge in [-0.25, -0.2) is 0 Å². The second-order valence-corrected chi connectivity index (χ2v) is 5.98. The molecule has 2 fully saturated rings. The summed E-state index contributed by atoms with van der Waals surface area (Å²) in [7, 11) is 0. The van der Waals surface area contributed by atoms with Crippen molar-refractivity contribution < 1.29 is 9.53 Å². The minimum absolute atomic E-state index is 0.264. The minimum atomic E-state index is 0.264. The van der Waals surface area contributed by atoms with Crippen molar-refractivity contribution in [2.75, 3.05) is 19.7 Å². The fourth-order valence-electron chi connectivity index (χ4n) is 4.27. The van der Waals surface area contributed by atoms with Crippen molar-refractivity contribution in [1.29, 1.82) is 0 Å². The lowest BCUT2D eigenvalue weighted by atomic mass is 9.81. The minimum Gasteiger partial charge on any atom is -0.490 e. The maximum atomic E-state index is 12.5. The maximum Gasteiger partial charge on any atom is 0.227 e. The Morgan fingerprint density at radius 1 is 1.25 bits per heavy atom. The molecule has 0 aromatic carbocycles. The van der Waals surface area contributed by atoms with E-state index in [9.17, 15) is 4.79 Å². The summed E-state index contributed by atoms with van der Waals surface area (Å²) in [5, 5.41) is 0. The first kappa shape index (κ1) is 10.8. The second-order valence-electron chi connectivity index (χ2n) is 5.98. The molecule has 20 heavy (non-hydrogen) atoms. The standard InChI is InChI=1S/C16H16N2O2/c19-14-9-11-10-3-1-2-4-12(10)17-6-5-13-16(15(11)17)18(14)7-8-20-13/h1-2,4-5,10-11H,3,6-9H2. The molecule has 2 atom stereocenters. The Bertz CT molecular complexity index is 641. The van der Waals surface area contributed by atoms with Crippen LogP contribution in [0, 0.1) is 11.8 Å². The maximum absolute atomic E-state index is 12.5. The zero-order valence-corrected chi connectivity index (χ0v) is 11.2. The highest BCUT2D eigenvalue weighted by Crippen LogP contribution is 2.52. The van der Waals surface area contributed by atoms with Crippen LogP contribution in [0.5, 0.6) is 0 Å². The van der Waals surface area contributed by atoms with E-state index in [0.29, 0.717) is 31.4 Å². The van der Waals surface area contributed by atoms with E-state index >= 15 is 0 Å². The first-order valence-corrected chi connectivity index (χ1v) is 7.37. The van der Waals surface area contributed by atoms with Gasteiger partial charge in [0, 0.05) is 30.5 Å². The molecule has 102 valence electrons. The quantitative estimate of drug-likeness (QED) is 0.671. The monoisotopic (exact) mass is 268 g/mol. The van der Waals surface area contributed by atoms with Crippen LogP contribution in [0.2, 0.25) is 0 Å². The van der Waals surface area contributed by atoms with Gasteiger partial charge in [0.05, 0.1) is 12.2 Å². The number of fused-ring (bicyclic) bond motifs is 3. The van der Waals surface area contributed by atoms with Crippen molar-refractivity contribution in [3.05, 3.63) is 47.2 Å². The van der Waals surface area contributed by atoms with Gasteiger partial charge < -0.3 is 14.5 Å². The van der Waals surface area contributed by atoms with Gasteiger partial charge in [-0.2, -0.15) is 0 Å². The van der Waals surface area contributed by atoms with E-state index in [-0.39, 0.29) is 5.91 Å². The molecule has 1 amide bonds. The van der Waals surface area contributed by atoms with Gasteiger partial charge in [0.2, 0.25) is 5.91 Å².